The Hall–Kier alpha value is -2.08. The Morgan fingerprint density at radius 3 is 3.15 bits per heavy atom. The Bertz CT molecular complexity index is 711. The van der Waals surface area contributed by atoms with Crippen LogP contribution in [0.15, 0.2) is 16.7 Å². The molecule has 2 aliphatic heterocycles. The molecule has 1 atom stereocenters. The summed E-state index contributed by atoms with van der Waals surface area (Å²) in [6, 6.07) is 0. The van der Waals surface area contributed by atoms with E-state index in [0.29, 0.717) is 24.8 Å². The van der Waals surface area contributed by atoms with E-state index in [9.17, 15) is 0 Å². The maximum Gasteiger partial charge on any atom is 0.226 e. The third kappa shape index (κ3) is 1.48. The van der Waals surface area contributed by atoms with Gasteiger partial charge in [-0.3, -0.25) is 4.68 Å². The van der Waals surface area contributed by atoms with Gasteiger partial charge in [0.2, 0.25) is 5.88 Å². The highest BCUT2D eigenvalue weighted by Crippen LogP contribution is 2.38. The molecule has 0 aromatic carbocycles. The van der Waals surface area contributed by atoms with Crippen molar-refractivity contribution in [1.29, 1.82) is 0 Å². The molecule has 4 rings (SSSR count). The number of hydrogen-bond donors (Lipinski definition) is 2. The Balaban J connectivity index is 2.01. The molecular formula is C14H17N5O. The quantitative estimate of drug-likeness (QED) is 0.708. The van der Waals surface area contributed by atoms with Crippen LogP contribution in [-0.4, -0.2) is 21.5 Å². The number of anilines is 1. The molecule has 104 valence electrons. The van der Waals surface area contributed by atoms with E-state index >= 15 is 0 Å². The molecule has 0 radical (unpaired) electrons. The SMILES string of the molecule is C=C1Cc2c(noc2N)-c2c3c(nn2C1)[C@H](C)CNC3. The van der Waals surface area contributed by atoms with Gasteiger partial charge in [0.05, 0.1) is 23.5 Å². The van der Waals surface area contributed by atoms with Crippen molar-refractivity contribution in [1.82, 2.24) is 20.3 Å². The van der Waals surface area contributed by atoms with Gasteiger partial charge in [0.25, 0.3) is 0 Å². The van der Waals surface area contributed by atoms with Gasteiger partial charge in [-0.15, -0.1) is 0 Å². The molecule has 3 N–H and O–H groups in total. The second-order valence-corrected chi connectivity index (χ2v) is 5.70. The monoisotopic (exact) mass is 271 g/mol. The highest BCUT2D eigenvalue weighted by molar-refractivity contribution is 5.70. The molecule has 0 spiro atoms. The number of nitrogens with one attached hydrogen (secondary N) is 1. The van der Waals surface area contributed by atoms with Crippen LogP contribution in [0.1, 0.15) is 29.7 Å². The van der Waals surface area contributed by atoms with Crippen molar-refractivity contribution in [2.45, 2.75) is 32.4 Å². The van der Waals surface area contributed by atoms with Crippen molar-refractivity contribution < 1.29 is 4.52 Å². The number of hydrogen-bond acceptors (Lipinski definition) is 5. The third-order valence-electron chi connectivity index (χ3n) is 4.14. The summed E-state index contributed by atoms with van der Waals surface area (Å²) >= 11 is 0. The van der Waals surface area contributed by atoms with Gasteiger partial charge in [0.1, 0.15) is 5.69 Å². The Labute approximate surface area is 116 Å². The van der Waals surface area contributed by atoms with E-state index in [1.54, 1.807) is 0 Å². The maximum atomic E-state index is 5.91. The summed E-state index contributed by atoms with van der Waals surface area (Å²) in [4.78, 5) is 0. The predicted molar refractivity (Wildman–Crippen MR) is 75.1 cm³/mol. The van der Waals surface area contributed by atoms with Gasteiger partial charge in [0, 0.05) is 31.0 Å². The number of aromatic nitrogens is 3. The number of nitrogen functional groups attached to an aromatic ring is 1. The lowest BCUT2D eigenvalue weighted by atomic mass is 9.96. The lowest BCUT2D eigenvalue weighted by Crippen LogP contribution is -2.26. The van der Waals surface area contributed by atoms with Crippen LogP contribution in [0.25, 0.3) is 11.4 Å². The second kappa shape index (κ2) is 3.96. The first-order chi connectivity index (χ1) is 9.65. The van der Waals surface area contributed by atoms with Crippen LogP contribution in [0.3, 0.4) is 0 Å². The van der Waals surface area contributed by atoms with Crippen molar-refractivity contribution in [3.63, 3.8) is 0 Å². The predicted octanol–water partition coefficient (Wildman–Crippen LogP) is 1.44. The Kier molecular flexibility index (Phi) is 2.32. The molecule has 2 aromatic rings. The van der Waals surface area contributed by atoms with E-state index in [4.69, 9.17) is 15.4 Å². The van der Waals surface area contributed by atoms with Gasteiger partial charge in [-0.05, 0) is 0 Å². The van der Waals surface area contributed by atoms with E-state index in [2.05, 4.69) is 24.0 Å². The van der Waals surface area contributed by atoms with Crippen LogP contribution in [0.5, 0.6) is 0 Å². The number of allylic oxidation sites excluding steroid dienone is 1. The van der Waals surface area contributed by atoms with Gasteiger partial charge in [0.15, 0.2) is 0 Å². The molecule has 6 nitrogen and oxygen atoms in total. The van der Waals surface area contributed by atoms with E-state index in [-0.39, 0.29) is 0 Å². The maximum absolute atomic E-state index is 5.91. The zero-order valence-electron chi connectivity index (χ0n) is 11.4. The third-order valence-corrected chi connectivity index (χ3v) is 4.14. The van der Waals surface area contributed by atoms with Crippen molar-refractivity contribution in [2.24, 2.45) is 0 Å². The molecule has 2 aliphatic rings. The molecule has 0 amide bonds. The summed E-state index contributed by atoms with van der Waals surface area (Å²) in [6.45, 7) is 8.78. The molecule has 20 heavy (non-hydrogen) atoms. The summed E-state index contributed by atoms with van der Waals surface area (Å²) in [5.74, 6) is 0.792. The molecule has 0 aliphatic carbocycles. The van der Waals surface area contributed by atoms with Crippen LogP contribution in [0, 0.1) is 0 Å². The molecule has 0 saturated heterocycles. The number of fused-ring (bicyclic) bond motifs is 5. The Morgan fingerprint density at radius 2 is 2.30 bits per heavy atom. The molecule has 0 fully saturated rings. The molecule has 6 heteroatoms. The molecule has 0 bridgehead atoms. The lowest BCUT2D eigenvalue weighted by molar-refractivity contribution is 0.437. The minimum absolute atomic E-state index is 0.390. The van der Waals surface area contributed by atoms with Crippen LogP contribution >= 0.6 is 0 Å². The summed E-state index contributed by atoms with van der Waals surface area (Å²) in [6.07, 6.45) is 0.700. The normalized spacial score (nSPS) is 21.1. The van der Waals surface area contributed by atoms with E-state index < -0.39 is 0 Å². The van der Waals surface area contributed by atoms with Gasteiger partial charge < -0.3 is 15.6 Å². The van der Waals surface area contributed by atoms with E-state index in [0.717, 1.165) is 41.3 Å². The molecular weight excluding hydrogens is 254 g/mol. The minimum Gasteiger partial charge on any atom is -0.367 e. The summed E-state index contributed by atoms with van der Waals surface area (Å²) in [5, 5.41) is 12.4. The first-order valence-corrected chi connectivity index (χ1v) is 6.86. The van der Waals surface area contributed by atoms with Gasteiger partial charge in [-0.1, -0.05) is 24.2 Å². The molecule has 0 unspecified atom stereocenters. The first kappa shape index (κ1) is 11.7. The lowest BCUT2D eigenvalue weighted by Gasteiger charge is -2.18. The van der Waals surface area contributed by atoms with Crippen LogP contribution in [-0.2, 0) is 19.5 Å². The van der Waals surface area contributed by atoms with Crippen LogP contribution in [0.4, 0.5) is 5.88 Å². The Morgan fingerprint density at radius 1 is 1.45 bits per heavy atom. The number of nitrogens with zero attached hydrogens (tertiary/aromatic N) is 3. The van der Waals surface area contributed by atoms with Crippen molar-refractivity contribution in [2.75, 3.05) is 12.3 Å². The fourth-order valence-electron chi connectivity index (χ4n) is 3.17. The van der Waals surface area contributed by atoms with Crippen LogP contribution in [0.2, 0.25) is 0 Å². The van der Waals surface area contributed by atoms with Gasteiger partial charge >= 0.3 is 0 Å². The second-order valence-electron chi connectivity index (χ2n) is 5.70. The number of nitrogens with two attached hydrogens (primary N) is 1. The summed E-state index contributed by atoms with van der Waals surface area (Å²) in [7, 11) is 0. The first-order valence-electron chi connectivity index (χ1n) is 6.86. The van der Waals surface area contributed by atoms with Crippen molar-refractivity contribution in [3.05, 3.63) is 29.0 Å². The number of rotatable bonds is 0. The van der Waals surface area contributed by atoms with Crippen LogP contribution < -0.4 is 11.1 Å². The van der Waals surface area contributed by atoms with E-state index in [1.165, 1.54) is 5.56 Å². The smallest absolute Gasteiger partial charge is 0.226 e. The topological polar surface area (TPSA) is 81.9 Å². The largest absolute Gasteiger partial charge is 0.367 e. The molecule has 2 aromatic heterocycles. The fourth-order valence-corrected chi connectivity index (χ4v) is 3.17. The minimum atomic E-state index is 0.390. The average Bonchev–Trinajstić information content (AvgIpc) is 2.89. The van der Waals surface area contributed by atoms with Crippen molar-refractivity contribution in [3.8, 4) is 11.4 Å². The standard InChI is InChI=1S/C14H17N5O/c1-7-3-9-12(18-20-14(9)15)13-10-5-16-4-8(2)11(10)17-19(13)6-7/h8,16H,1,3-6,15H2,2H3/t8-/m1/s1. The molecule has 0 saturated carbocycles. The summed E-state index contributed by atoms with van der Waals surface area (Å²) in [5.41, 5.74) is 12.1. The highest BCUT2D eigenvalue weighted by Gasteiger charge is 2.31. The summed E-state index contributed by atoms with van der Waals surface area (Å²) < 4.78 is 7.19. The fraction of sp³-hybridized carbons (Fsp3) is 0.429. The average molecular weight is 271 g/mol. The van der Waals surface area contributed by atoms with Crippen molar-refractivity contribution >= 4 is 5.88 Å². The van der Waals surface area contributed by atoms with Gasteiger partial charge in [-0.25, -0.2) is 0 Å². The zero-order chi connectivity index (χ0) is 13.9. The highest BCUT2D eigenvalue weighted by atomic mass is 16.5. The van der Waals surface area contributed by atoms with Gasteiger partial charge in [-0.2, -0.15) is 5.10 Å². The molecule has 4 heterocycles. The zero-order valence-corrected chi connectivity index (χ0v) is 11.4. The van der Waals surface area contributed by atoms with E-state index in [1.807, 2.05) is 4.68 Å².